The summed E-state index contributed by atoms with van der Waals surface area (Å²) in [4.78, 5) is 0. The molecule has 0 saturated heterocycles. The lowest BCUT2D eigenvalue weighted by Gasteiger charge is -2.38. The van der Waals surface area contributed by atoms with Crippen molar-refractivity contribution in [2.45, 2.75) is 51.4 Å². The van der Waals surface area contributed by atoms with Crippen molar-refractivity contribution in [3.05, 3.63) is 16.9 Å². The molecule has 1 aliphatic rings. The maximum Gasteiger partial charge on any atom is 0.392 e. The third-order valence-electron chi connectivity index (χ3n) is 4.41. The highest BCUT2D eigenvalue weighted by molar-refractivity contribution is 6.31. The Bertz CT molecular complexity index is 473. The Balaban J connectivity index is 2.36. The zero-order valence-electron chi connectivity index (χ0n) is 12.3. The molecule has 0 amide bonds. The zero-order valence-corrected chi connectivity index (χ0v) is 13.0. The highest BCUT2D eigenvalue weighted by Gasteiger charge is 2.48. The fraction of sp³-hybridized carbons (Fsp3) is 0.786. The van der Waals surface area contributed by atoms with Gasteiger partial charge in [-0.3, -0.25) is 4.68 Å². The molecule has 0 spiro atoms. The third kappa shape index (κ3) is 3.37. The van der Waals surface area contributed by atoms with Crippen LogP contribution in [0.3, 0.4) is 0 Å². The molecule has 7 heteroatoms. The fourth-order valence-corrected chi connectivity index (χ4v) is 3.71. The topological polar surface area (TPSA) is 29.9 Å². The van der Waals surface area contributed by atoms with Crippen LogP contribution in [0.25, 0.3) is 0 Å². The van der Waals surface area contributed by atoms with Crippen LogP contribution in [0.15, 0.2) is 6.20 Å². The van der Waals surface area contributed by atoms with Crippen LogP contribution < -0.4 is 5.32 Å². The molecule has 1 saturated carbocycles. The summed E-state index contributed by atoms with van der Waals surface area (Å²) in [6.07, 6.45) is -0.434. The molecule has 1 aromatic heterocycles. The Morgan fingerprint density at radius 3 is 2.67 bits per heavy atom. The van der Waals surface area contributed by atoms with Crippen LogP contribution in [0.5, 0.6) is 0 Å². The molecule has 1 aromatic rings. The number of aromatic nitrogens is 2. The first kappa shape index (κ1) is 16.6. The summed E-state index contributed by atoms with van der Waals surface area (Å²) in [6, 6.07) is -0.424. The van der Waals surface area contributed by atoms with E-state index in [4.69, 9.17) is 11.6 Å². The second-order valence-corrected chi connectivity index (χ2v) is 5.96. The average molecular weight is 324 g/mol. The number of hydrogen-bond donors (Lipinski definition) is 1. The van der Waals surface area contributed by atoms with Gasteiger partial charge in [0.15, 0.2) is 0 Å². The molecule has 0 radical (unpaired) electrons. The molecule has 0 aromatic carbocycles. The van der Waals surface area contributed by atoms with Gasteiger partial charge >= 0.3 is 6.18 Å². The van der Waals surface area contributed by atoms with Crippen molar-refractivity contribution in [1.82, 2.24) is 15.1 Å². The monoisotopic (exact) mass is 323 g/mol. The Hall–Kier alpha value is -0.750. The summed E-state index contributed by atoms with van der Waals surface area (Å²) in [6.45, 7) is 2.49. The van der Waals surface area contributed by atoms with Crippen molar-refractivity contribution < 1.29 is 13.2 Å². The molecule has 3 nitrogen and oxygen atoms in total. The molecule has 1 N–H and O–H groups in total. The van der Waals surface area contributed by atoms with Crippen molar-refractivity contribution in [2.24, 2.45) is 11.8 Å². The Morgan fingerprint density at radius 1 is 1.43 bits per heavy atom. The van der Waals surface area contributed by atoms with E-state index in [-0.39, 0.29) is 6.42 Å². The molecule has 3 unspecified atom stereocenters. The van der Waals surface area contributed by atoms with E-state index in [0.29, 0.717) is 30.1 Å². The van der Waals surface area contributed by atoms with E-state index in [1.807, 2.05) is 6.92 Å². The van der Waals surface area contributed by atoms with Gasteiger partial charge in [-0.25, -0.2) is 0 Å². The third-order valence-corrected chi connectivity index (χ3v) is 4.70. The largest absolute Gasteiger partial charge is 0.392 e. The van der Waals surface area contributed by atoms with Crippen LogP contribution in [-0.4, -0.2) is 23.0 Å². The minimum atomic E-state index is -4.16. The molecule has 2 rings (SSSR count). The first-order valence-corrected chi connectivity index (χ1v) is 7.73. The molecule has 120 valence electrons. The minimum Gasteiger partial charge on any atom is -0.311 e. The standard InChI is InChI=1S/C14H21ClF3N3/c1-3-21-13(11(15)8-20-21)12(19-2)9-6-4-5-7-10(9)14(16,17)18/h8-10,12,19H,3-7H2,1-2H3. The van der Waals surface area contributed by atoms with E-state index in [9.17, 15) is 13.2 Å². The predicted octanol–water partition coefficient (Wildman–Crippen LogP) is 4.19. The van der Waals surface area contributed by atoms with Crippen LogP contribution in [0.1, 0.15) is 44.3 Å². The minimum absolute atomic E-state index is 0.199. The lowest BCUT2D eigenvalue weighted by Crippen LogP contribution is -2.40. The van der Waals surface area contributed by atoms with Crippen LogP contribution in [0, 0.1) is 11.8 Å². The van der Waals surface area contributed by atoms with E-state index in [2.05, 4.69) is 10.4 Å². The molecule has 0 aliphatic heterocycles. The zero-order chi connectivity index (χ0) is 15.6. The Labute approximate surface area is 127 Å². The SMILES string of the molecule is CCn1ncc(Cl)c1C(NC)C1CCCCC1C(F)(F)F. The van der Waals surface area contributed by atoms with Gasteiger partial charge in [0.25, 0.3) is 0 Å². The lowest BCUT2D eigenvalue weighted by atomic mass is 9.74. The average Bonchev–Trinajstić information content (AvgIpc) is 2.81. The molecule has 21 heavy (non-hydrogen) atoms. The van der Waals surface area contributed by atoms with Gasteiger partial charge in [0.1, 0.15) is 0 Å². The molecule has 1 aliphatic carbocycles. The van der Waals surface area contributed by atoms with Crippen LogP contribution >= 0.6 is 11.6 Å². The molecular weight excluding hydrogens is 303 g/mol. The van der Waals surface area contributed by atoms with E-state index >= 15 is 0 Å². The highest BCUT2D eigenvalue weighted by Crippen LogP contribution is 2.47. The number of alkyl halides is 3. The first-order valence-electron chi connectivity index (χ1n) is 7.35. The lowest BCUT2D eigenvalue weighted by molar-refractivity contribution is -0.199. The summed E-state index contributed by atoms with van der Waals surface area (Å²) in [5, 5.41) is 7.63. The summed E-state index contributed by atoms with van der Waals surface area (Å²) in [5.41, 5.74) is 0.669. The molecule has 1 fully saturated rings. The second-order valence-electron chi connectivity index (χ2n) is 5.56. The second kappa shape index (κ2) is 6.57. The number of aryl methyl sites for hydroxylation is 1. The van der Waals surface area contributed by atoms with Gasteiger partial charge in [-0.15, -0.1) is 0 Å². The Kier molecular flexibility index (Phi) is 5.20. The number of nitrogens with one attached hydrogen (secondary N) is 1. The summed E-state index contributed by atoms with van der Waals surface area (Å²) in [5.74, 6) is -1.77. The van der Waals surface area contributed by atoms with Crippen molar-refractivity contribution in [2.75, 3.05) is 7.05 Å². The van der Waals surface area contributed by atoms with Crippen molar-refractivity contribution in [3.63, 3.8) is 0 Å². The predicted molar refractivity (Wildman–Crippen MR) is 76.2 cm³/mol. The van der Waals surface area contributed by atoms with Gasteiger partial charge in [0, 0.05) is 6.54 Å². The van der Waals surface area contributed by atoms with Gasteiger partial charge in [-0.2, -0.15) is 18.3 Å². The molecule has 0 bridgehead atoms. The molecule has 3 atom stereocenters. The van der Waals surface area contributed by atoms with E-state index in [1.54, 1.807) is 11.7 Å². The number of nitrogens with zero attached hydrogens (tertiary/aromatic N) is 2. The first-order chi connectivity index (χ1) is 9.90. The summed E-state index contributed by atoms with van der Waals surface area (Å²) < 4.78 is 41.7. The fourth-order valence-electron chi connectivity index (χ4n) is 3.45. The van der Waals surface area contributed by atoms with Crippen LogP contribution in [-0.2, 0) is 6.54 Å². The van der Waals surface area contributed by atoms with Gasteiger partial charge in [-0.1, -0.05) is 24.4 Å². The van der Waals surface area contributed by atoms with Gasteiger partial charge in [0.2, 0.25) is 0 Å². The number of hydrogen-bond acceptors (Lipinski definition) is 2. The van der Waals surface area contributed by atoms with Crippen LogP contribution in [0.2, 0.25) is 5.02 Å². The van der Waals surface area contributed by atoms with E-state index in [0.717, 1.165) is 6.42 Å². The summed E-state index contributed by atoms with van der Waals surface area (Å²) in [7, 11) is 1.69. The maximum absolute atomic E-state index is 13.3. The smallest absolute Gasteiger partial charge is 0.311 e. The quantitative estimate of drug-likeness (QED) is 0.900. The number of halogens is 4. The highest BCUT2D eigenvalue weighted by atomic mass is 35.5. The van der Waals surface area contributed by atoms with Gasteiger partial charge < -0.3 is 5.32 Å². The van der Waals surface area contributed by atoms with Crippen molar-refractivity contribution >= 4 is 11.6 Å². The van der Waals surface area contributed by atoms with E-state index in [1.165, 1.54) is 6.20 Å². The normalized spacial score (nSPS) is 25.0. The van der Waals surface area contributed by atoms with E-state index < -0.39 is 24.1 Å². The summed E-state index contributed by atoms with van der Waals surface area (Å²) >= 11 is 6.17. The molecular formula is C14H21ClF3N3. The van der Waals surface area contributed by atoms with Crippen molar-refractivity contribution in [3.8, 4) is 0 Å². The van der Waals surface area contributed by atoms with Gasteiger partial charge in [-0.05, 0) is 32.7 Å². The van der Waals surface area contributed by atoms with Crippen LogP contribution in [0.4, 0.5) is 13.2 Å². The number of rotatable bonds is 4. The molecule has 1 heterocycles. The van der Waals surface area contributed by atoms with Crippen molar-refractivity contribution in [1.29, 1.82) is 0 Å². The van der Waals surface area contributed by atoms with Gasteiger partial charge in [0.05, 0.1) is 28.9 Å². The Morgan fingerprint density at radius 2 is 2.10 bits per heavy atom. The maximum atomic E-state index is 13.3.